The van der Waals surface area contributed by atoms with Crippen LogP contribution in [0.15, 0.2) is 66.7 Å². The number of carbonyl (C=O) groups is 1. The molecule has 1 aliphatic rings. The number of hydrogen-bond donors (Lipinski definition) is 0. The van der Waals surface area contributed by atoms with Crippen LogP contribution in [0.1, 0.15) is 59.3 Å². The highest BCUT2D eigenvalue weighted by Gasteiger charge is 2.26. The largest absolute Gasteiger partial charge is 0.495 e. The molecule has 0 unspecified atom stereocenters. The zero-order valence-electron chi connectivity index (χ0n) is 26.6. The molecule has 44 heavy (non-hydrogen) atoms. The van der Waals surface area contributed by atoms with Crippen LogP contribution in [0.25, 0.3) is 10.8 Å². The molecule has 0 aromatic heterocycles. The number of halogens is 1. The van der Waals surface area contributed by atoms with Gasteiger partial charge < -0.3 is 23.6 Å². The van der Waals surface area contributed by atoms with Gasteiger partial charge in [0.05, 0.1) is 32.3 Å². The minimum atomic E-state index is -0.0803. The number of amides is 1. The third-order valence-electron chi connectivity index (χ3n) is 8.96. The van der Waals surface area contributed by atoms with Crippen molar-refractivity contribution in [2.75, 3.05) is 40.1 Å². The van der Waals surface area contributed by atoms with Crippen molar-refractivity contribution in [3.63, 3.8) is 0 Å². The first-order valence-electron chi connectivity index (χ1n) is 15.6. The number of nitrogens with zero attached hydrogens (tertiary/aromatic N) is 2. The Kier molecular flexibility index (Phi) is 10.0. The summed E-state index contributed by atoms with van der Waals surface area (Å²) in [6.45, 7) is 14.2. The highest BCUT2D eigenvalue weighted by Crippen LogP contribution is 2.38. The lowest BCUT2D eigenvalue weighted by Crippen LogP contribution is -2.47. The molecule has 1 amide bonds. The number of rotatable bonds is 13. The van der Waals surface area contributed by atoms with Gasteiger partial charge in [-0.15, -0.1) is 0 Å². The van der Waals surface area contributed by atoms with Crippen molar-refractivity contribution in [2.24, 2.45) is 0 Å². The van der Waals surface area contributed by atoms with Gasteiger partial charge in [0.1, 0.15) is 12.3 Å². The van der Waals surface area contributed by atoms with E-state index < -0.39 is 0 Å². The monoisotopic (exact) mass is 615 g/mol. The number of fused-ring (bicyclic) bond motifs is 2. The molecule has 0 atom stereocenters. The van der Waals surface area contributed by atoms with Gasteiger partial charge >= 0.3 is 0 Å². The van der Waals surface area contributed by atoms with Gasteiger partial charge in [0.2, 0.25) is 6.79 Å². The van der Waals surface area contributed by atoms with Crippen LogP contribution < -0.4 is 14.2 Å². The first kappa shape index (κ1) is 31.7. The van der Waals surface area contributed by atoms with Crippen molar-refractivity contribution in [2.45, 2.75) is 53.6 Å². The molecule has 0 N–H and O–H groups in total. The molecule has 5 rings (SSSR count). The van der Waals surface area contributed by atoms with Crippen LogP contribution >= 0.6 is 11.6 Å². The Morgan fingerprint density at radius 3 is 2.34 bits per heavy atom. The summed E-state index contributed by atoms with van der Waals surface area (Å²) in [7, 11) is 1.63. The SMILES string of the molecule is CC[N+](CC)(CCCCN(Cc1cc2c(cc1Cl)OCO2)C(=O)c1ccc2ccccc2c1OC)Cc1cc(C)cc(C)c1. The van der Waals surface area contributed by atoms with Gasteiger partial charge in [0.25, 0.3) is 5.91 Å². The average Bonchev–Trinajstić information content (AvgIpc) is 3.47. The lowest BCUT2D eigenvalue weighted by Gasteiger charge is -2.37. The fraction of sp³-hybridized carbons (Fsp3) is 0.378. The summed E-state index contributed by atoms with van der Waals surface area (Å²) in [5.74, 6) is 1.80. The Balaban J connectivity index is 1.37. The fourth-order valence-corrected chi connectivity index (χ4v) is 6.69. The molecule has 0 spiro atoms. The van der Waals surface area contributed by atoms with E-state index in [0.717, 1.165) is 59.8 Å². The van der Waals surface area contributed by atoms with Crippen molar-refractivity contribution in [1.29, 1.82) is 0 Å². The second-order valence-corrected chi connectivity index (χ2v) is 12.4. The first-order valence-corrected chi connectivity index (χ1v) is 16.0. The number of methoxy groups -OCH3 is 1. The fourth-order valence-electron chi connectivity index (χ4n) is 6.48. The van der Waals surface area contributed by atoms with Gasteiger partial charge in [-0.1, -0.05) is 71.3 Å². The second kappa shape index (κ2) is 13.9. The summed E-state index contributed by atoms with van der Waals surface area (Å²) in [4.78, 5) is 16.2. The van der Waals surface area contributed by atoms with Crippen LogP contribution in [0, 0.1) is 13.8 Å². The molecule has 0 aliphatic carbocycles. The topological polar surface area (TPSA) is 48.0 Å². The van der Waals surface area contributed by atoms with E-state index >= 15 is 0 Å². The van der Waals surface area contributed by atoms with Crippen molar-refractivity contribution in [3.8, 4) is 17.2 Å². The number of ether oxygens (including phenoxy) is 3. The van der Waals surface area contributed by atoms with Gasteiger partial charge in [0.15, 0.2) is 11.5 Å². The summed E-state index contributed by atoms with van der Waals surface area (Å²) < 4.78 is 18.0. The summed E-state index contributed by atoms with van der Waals surface area (Å²) in [5.41, 5.74) is 5.39. The van der Waals surface area contributed by atoms with E-state index in [1.807, 2.05) is 47.4 Å². The zero-order valence-corrected chi connectivity index (χ0v) is 27.4. The van der Waals surface area contributed by atoms with Crippen LogP contribution in [0.2, 0.25) is 5.02 Å². The summed E-state index contributed by atoms with van der Waals surface area (Å²) >= 11 is 6.70. The minimum absolute atomic E-state index is 0.0803. The van der Waals surface area contributed by atoms with Gasteiger partial charge in [-0.05, 0) is 63.6 Å². The number of aryl methyl sites for hydroxylation is 2. The number of quaternary nitrogens is 1. The van der Waals surface area contributed by atoms with E-state index in [9.17, 15) is 4.79 Å². The molecule has 0 saturated heterocycles. The normalized spacial score (nSPS) is 12.5. The Bertz CT molecular complexity index is 1610. The molecular formula is C37H44ClN2O4+. The quantitative estimate of drug-likeness (QED) is 0.112. The maximum atomic E-state index is 14.3. The minimum Gasteiger partial charge on any atom is -0.495 e. The summed E-state index contributed by atoms with van der Waals surface area (Å²) in [6, 6.07) is 22.4. The molecule has 7 heteroatoms. The molecule has 1 aliphatic heterocycles. The second-order valence-electron chi connectivity index (χ2n) is 11.9. The van der Waals surface area contributed by atoms with Crippen LogP contribution in [-0.2, 0) is 13.1 Å². The van der Waals surface area contributed by atoms with Crippen LogP contribution in [0.3, 0.4) is 0 Å². The number of benzene rings is 4. The van der Waals surface area contributed by atoms with E-state index in [0.29, 0.717) is 40.9 Å². The predicted octanol–water partition coefficient (Wildman–Crippen LogP) is 8.33. The van der Waals surface area contributed by atoms with E-state index in [-0.39, 0.29) is 12.7 Å². The molecule has 0 bridgehead atoms. The third-order valence-corrected chi connectivity index (χ3v) is 9.31. The summed E-state index contributed by atoms with van der Waals surface area (Å²) in [5, 5.41) is 2.50. The lowest BCUT2D eigenvalue weighted by molar-refractivity contribution is -0.938. The Labute approximate surface area is 266 Å². The van der Waals surface area contributed by atoms with Crippen molar-refractivity contribution < 1.29 is 23.5 Å². The summed E-state index contributed by atoms with van der Waals surface area (Å²) in [6.07, 6.45) is 1.87. The average molecular weight is 616 g/mol. The molecule has 232 valence electrons. The smallest absolute Gasteiger partial charge is 0.257 e. The standard InChI is InChI=1S/C37H44ClN2O4/c1-6-40(7-2,24-28-19-26(3)18-27(4)20-28)17-11-10-16-39(23-30-21-34-35(22-33(30)38)44-25-43-34)37(41)32-15-14-29-12-8-9-13-31(29)36(32)42-5/h8-9,12-15,18-22H,6-7,10-11,16-17,23-25H2,1-5H3/q+1. The third kappa shape index (κ3) is 6.98. The molecule has 4 aromatic rings. The lowest BCUT2D eigenvalue weighted by atomic mass is 10.0. The van der Waals surface area contributed by atoms with Crippen LogP contribution in [-0.4, -0.2) is 55.4 Å². The van der Waals surface area contributed by atoms with Gasteiger partial charge in [0, 0.05) is 35.1 Å². The van der Waals surface area contributed by atoms with Crippen molar-refractivity contribution in [3.05, 3.63) is 99.6 Å². The van der Waals surface area contributed by atoms with Crippen LogP contribution in [0.5, 0.6) is 17.2 Å². The number of unbranched alkanes of at least 4 members (excludes halogenated alkanes) is 1. The number of hydrogen-bond acceptors (Lipinski definition) is 4. The molecule has 0 saturated carbocycles. The van der Waals surface area contributed by atoms with E-state index in [2.05, 4.69) is 45.9 Å². The zero-order chi connectivity index (χ0) is 31.3. The molecule has 4 aromatic carbocycles. The number of carbonyl (C=O) groups excluding carboxylic acids is 1. The molecule has 6 nitrogen and oxygen atoms in total. The Hall–Kier alpha value is -3.74. The molecule has 1 heterocycles. The van der Waals surface area contributed by atoms with Gasteiger partial charge in [-0.2, -0.15) is 0 Å². The van der Waals surface area contributed by atoms with Gasteiger partial charge in [-0.25, -0.2) is 0 Å². The predicted molar refractivity (Wildman–Crippen MR) is 178 cm³/mol. The highest BCUT2D eigenvalue weighted by molar-refractivity contribution is 6.31. The van der Waals surface area contributed by atoms with E-state index in [4.69, 9.17) is 25.8 Å². The van der Waals surface area contributed by atoms with Crippen LogP contribution in [0.4, 0.5) is 0 Å². The Morgan fingerprint density at radius 1 is 0.932 bits per heavy atom. The van der Waals surface area contributed by atoms with Gasteiger partial charge in [-0.3, -0.25) is 4.79 Å². The van der Waals surface area contributed by atoms with Crippen molar-refractivity contribution >= 4 is 28.3 Å². The molecule has 0 radical (unpaired) electrons. The molecule has 0 fully saturated rings. The van der Waals surface area contributed by atoms with Crippen molar-refractivity contribution in [1.82, 2.24) is 4.90 Å². The first-order chi connectivity index (χ1) is 21.3. The highest BCUT2D eigenvalue weighted by atomic mass is 35.5. The Morgan fingerprint density at radius 2 is 1.64 bits per heavy atom. The maximum absolute atomic E-state index is 14.3. The van der Waals surface area contributed by atoms with E-state index in [1.165, 1.54) is 16.7 Å². The van der Waals surface area contributed by atoms with E-state index in [1.54, 1.807) is 13.2 Å². The molecular weight excluding hydrogens is 572 g/mol. The maximum Gasteiger partial charge on any atom is 0.257 e.